The Balaban J connectivity index is 1.06. The van der Waals surface area contributed by atoms with E-state index in [0.29, 0.717) is 10.7 Å². The number of primary amides is 1. The number of amides is 1. The van der Waals surface area contributed by atoms with Crippen molar-refractivity contribution in [1.29, 1.82) is 5.26 Å². The maximum atomic E-state index is 11.3. The average Bonchev–Trinajstić information content (AvgIpc) is 3.34. The van der Waals surface area contributed by atoms with Crippen molar-refractivity contribution in [2.45, 2.75) is 29.3 Å². The topological polar surface area (TPSA) is 115 Å². The fourth-order valence-electron chi connectivity index (χ4n) is 4.69. The van der Waals surface area contributed by atoms with Crippen molar-refractivity contribution >= 4 is 34.3 Å². The van der Waals surface area contributed by atoms with Gasteiger partial charge in [-0.2, -0.15) is 5.26 Å². The highest BCUT2D eigenvalue weighted by Crippen LogP contribution is 2.27. The number of H-pyrrole nitrogens is 1. The molecule has 0 spiro atoms. The van der Waals surface area contributed by atoms with E-state index in [1.807, 2.05) is 18.2 Å². The standard InChI is InChI=1S/C28H29N7OS/c29-18-20-4-9-25-24(17-20)21(19-32-25)3-1-2-12-34-13-15-35(16-14-34)22-5-7-23(8-6-22)37-28-31-11-10-26(33-28)27(30)36/h4-11,17,19,32H,1-3,12-16H2,(H2,30,36). The Morgan fingerprint density at radius 2 is 1.89 bits per heavy atom. The van der Waals surface area contributed by atoms with Crippen LogP contribution in [-0.2, 0) is 6.42 Å². The van der Waals surface area contributed by atoms with Crippen molar-refractivity contribution in [3.05, 3.63) is 77.7 Å². The minimum atomic E-state index is -0.553. The molecule has 1 aliphatic heterocycles. The summed E-state index contributed by atoms with van der Waals surface area (Å²) in [5, 5.41) is 10.9. The molecule has 1 amide bonds. The number of carbonyl (C=O) groups is 1. The van der Waals surface area contributed by atoms with Gasteiger partial charge in [-0.1, -0.05) is 0 Å². The Hall–Kier alpha value is -3.87. The first-order valence-corrected chi connectivity index (χ1v) is 13.3. The molecule has 37 heavy (non-hydrogen) atoms. The van der Waals surface area contributed by atoms with Crippen molar-refractivity contribution in [2.75, 3.05) is 37.6 Å². The summed E-state index contributed by atoms with van der Waals surface area (Å²) in [7, 11) is 0. The summed E-state index contributed by atoms with van der Waals surface area (Å²) >= 11 is 1.41. The Kier molecular flexibility index (Phi) is 7.68. The molecule has 0 radical (unpaired) electrons. The molecular weight excluding hydrogens is 482 g/mol. The van der Waals surface area contributed by atoms with Crippen LogP contribution in [0, 0.1) is 11.3 Å². The number of aromatic nitrogens is 3. The molecule has 3 heterocycles. The van der Waals surface area contributed by atoms with E-state index >= 15 is 0 Å². The van der Waals surface area contributed by atoms with Gasteiger partial charge in [0.15, 0.2) is 5.16 Å². The number of piperazine rings is 1. The Morgan fingerprint density at radius 3 is 2.65 bits per heavy atom. The van der Waals surface area contributed by atoms with Crippen molar-refractivity contribution in [2.24, 2.45) is 5.73 Å². The lowest BCUT2D eigenvalue weighted by atomic mass is 10.1. The number of rotatable bonds is 9. The average molecular weight is 512 g/mol. The van der Waals surface area contributed by atoms with Crippen molar-refractivity contribution in [3.63, 3.8) is 0 Å². The van der Waals surface area contributed by atoms with Gasteiger partial charge in [0.2, 0.25) is 0 Å². The SMILES string of the molecule is N#Cc1ccc2[nH]cc(CCCCN3CCN(c4ccc(Sc5nccc(C(N)=O)n5)cc4)CC3)c2c1. The number of unbranched alkanes of at least 4 members (excludes halogenated alkanes) is 1. The summed E-state index contributed by atoms with van der Waals surface area (Å²) in [5.41, 5.74) is 9.86. The first-order valence-electron chi connectivity index (χ1n) is 12.5. The third kappa shape index (κ3) is 6.10. The van der Waals surface area contributed by atoms with Crippen molar-refractivity contribution in [1.82, 2.24) is 19.9 Å². The molecule has 0 saturated carbocycles. The first-order chi connectivity index (χ1) is 18.1. The molecular formula is C28H29N7OS. The summed E-state index contributed by atoms with van der Waals surface area (Å²) in [6, 6.07) is 18.0. The number of fused-ring (bicyclic) bond motifs is 1. The predicted octanol–water partition coefficient (Wildman–Crippen LogP) is 4.22. The molecule has 8 nitrogen and oxygen atoms in total. The van der Waals surface area contributed by atoms with Gasteiger partial charge in [0.05, 0.1) is 11.6 Å². The maximum absolute atomic E-state index is 11.3. The molecule has 1 fully saturated rings. The van der Waals surface area contributed by atoms with Crippen LogP contribution >= 0.6 is 11.8 Å². The van der Waals surface area contributed by atoms with Gasteiger partial charge in [-0.15, -0.1) is 0 Å². The Bertz CT molecular complexity index is 1420. The fourth-order valence-corrected chi connectivity index (χ4v) is 5.43. The van der Waals surface area contributed by atoms with Crippen molar-refractivity contribution in [3.8, 4) is 6.07 Å². The van der Waals surface area contributed by atoms with E-state index in [-0.39, 0.29) is 5.69 Å². The molecule has 2 aromatic carbocycles. The zero-order valence-corrected chi connectivity index (χ0v) is 21.4. The normalized spacial score (nSPS) is 14.1. The van der Waals surface area contributed by atoms with Gasteiger partial charge in [-0.05, 0) is 91.7 Å². The smallest absolute Gasteiger partial charge is 0.267 e. The molecule has 188 valence electrons. The highest BCUT2D eigenvalue weighted by molar-refractivity contribution is 7.99. The van der Waals surface area contributed by atoms with E-state index in [1.165, 1.54) is 34.5 Å². The molecule has 0 unspecified atom stereocenters. The number of carbonyl (C=O) groups excluding carboxylic acids is 1. The largest absolute Gasteiger partial charge is 0.369 e. The lowest BCUT2D eigenvalue weighted by molar-refractivity contribution is 0.0994. The van der Waals surface area contributed by atoms with Crippen LogP contribution in [0.15, 0.2) is 71.0 Å². The zero-order valence-electron chi connectivity index (χ0n) is 20.6. The maximum Gasteiger partial charge on any atom is 0.267 e. The summed E-state index contributed by atoms with van der Waals surface area (Å²) < 4.78 is 0. The van der Waals surface area contributed by atoms with Crippen LogP contribution in [0.3, 0.4) is 0 Å². The van der Waals surface area contributed by atoms with Gasteiger partial charge in [0.25, 0.3) is 5.91 Å². The van der Waals surface area contributed by atoms with Crippen LogP contribution in [-0.4, -0.2) is 58.5 Å². The van der Waals surface area contributed by atoms with Gasteiger partial charge in [-0.3, -0.25) is 9.69 Å². The molecule has 0 aliphatic carbocycles. The van der Waals surface area contributed by atoms with E-state index < -0.39 is 5.91 Å². The number of nitriles is 1. The second-order valence-electron chi connectivity index (χ2n) is 9.16. The van der Waals surface area contributed by atoms with Crippen LogP contribution in [0.5, 0.6) is 0 Å². The molecule has 0 bridgehead atoms. The number of nitrogens with two attached hydrogens (primary N) is 1. The van der Waals surface area contributed by atoms with E-state index in [0.717, 1.165) is 62.4 Å². The molecule has 3 N–H and O–H groups in total. The van der Waals surface area contributed by atoms with E-state index in [1.54, 1.807) is 6.20 Å². The summed E-state index contributed by atoms with van der Waals surface area (Å²) in [6.07, 6.45) is 6.96. The Morgan fingerprint density at radius 1 is 1.08 bits per heavy atom. The second kappa shape index (κ2) is 11.5. The molecule has 4 aromatic rings. The Labute approximate surface area is 220 Å². The van der Waals surface area contributed by atoms with Crippen LogP contribution in [0.25, 0.3) is 10.9 Å². The highest BCUT2D eigenvalue weighted by atomic mass is 32.2. The summed E-state index contributed by atoms with van der Waals surface area (Å²) in [6.45, 7) is 5.25. The molecule has 1 aliphatic rings. The lowest BCUT2D eigenvalue weighted by Crippen LogP contribution is -2.46. The number of aromatic amines is 1. The fraction of sp³-hybridized carbons (Fsp3) is 0.286. The van der Waals surface area contributed by atoms with Crippen molar-refractivity contribution < 1.29 is 4.79 Å². The minimum Gasteiger partial charge on any atom is -0.369 e. The quantitative estimate of drug-likeness (QED) is 0.255. The number of nitrogens with one attached hydrogen (secondary N) is 1. The molecule has 0 atom stereocenters. The minimum absolute atomic E-state index is 0.221. The molecule has 9 heteroatoms. The highest BCUT2D eigenvalue weighted by Gasteiger charge is 2.17. The van der Waals surface area contributed by atoms with Crippen LogP contribution in [0.4, 0.5) is 5.69 Å². The number of hydrogen-bond donors (Lipinski definition) is 2. The van der Waals surface area contributed by atoms with E-state index in [4.69, 9.17) is 5.73 Å². The number of nitrogens with zero attached hydrogens (tertiary/aromatic N) is 5. The summed E-state index contributed by atoms with van der Waals surface area (Å²) in [5.74, 6) is -0.553. The van der Waals surface area contributed by atoms with Crippen LogP contribution in [0.2, 0.25) is 0 Å². The zero-order chi connectivity index (χ0) is 25.6. The summed E-state index contributed by atoms with van der Waals surface area (Å²) in [4.78, 5) is 29.1. The molecule has 5 rings (SSSR count). The van der Waals surface area contributed by atoms with Gasteiger partial charge in [0.1, 0.15) is 5.69 Å². The van der Waals surface area contributed by atoms with Crippen LogP contribution < -0.4 is 10.6 Å². The molecule has 1 saturated heterocycles. The van der Waals surface area contributed by atoms with Crippen LogP contribution in [0.1, 0.15) is 34.5 Å². The monoisotopic (exact) mass is 511 g/mol. The lowest BCUT2D eigenvalue weighted by Gasteiger charge is -2.36. The number of hydrogen-bond acceptors (Lipinski definition) is 7. The third-order valence-electron chi connectivity index (χ3n) is 6.74. The predicted molar refractivity (Wildman–Crippen MR) is 146 cm³/mol. The molecule has 2 aromatic heterocycles. The second-order valence-corrected chi connectivity index (χ2v) is 10.2. The van der Waals surface area contributed by atoms with Gasteiger partial charge >= 0.3 is 0 Å². The van der Waals surface area contributed by atoms with Gasteiger partial charge in [0, 0.05) is 60.1 Å². The number of benzene rings is 2. The van der Waals surface area contributed by atoms with E-state index in [2.05, 4.69) is 61.3 Å². The third-order valence-corrected chi connectivity index (χ3v) is 7.62. The first kappa shape index (κ1) is 24.8. The van der Waals surface area contributed by atoms with Gasteiger partial charge in [-0.25, -0.2) is 9.97 Å². The number of aryl methyl sites for hydroxylation is 1. The number of anilines is 1. The van der Waals surface area contributed by atoms with E-state index in [9.17, 15) is 10.1 Å². The van der Waals surface area contributed by atoms with Gasteiger partial charge < -0.3 is 15.6 Å².